The van der Waals surface area contributed by atoms with Gasteiger partial charge in [-0.2, -0.15) is 0 Å². The molecule has 1 N–H and O–H groups in total. The van der Waals surface area contributed by atoms with E-state index >= 15 is 0 Å². The number of benzene rings is 2. The van der Waals surface area contributed by atoms with Crippen LogP contribution in [0.4, 0.5) is 0 Å². The lowest BCUT2D eigenvalue weighted by Gasteiger charge is -2.30. The molecule has 0 spiro atoms. The molecule has 2 aromatic carbocycles. The number of nitrogens with zero attached hydrogens (tertiary/aromatic N) is 1. The van der Waals surface area contributed by atoms with E-state index in [2.05, 4.69) is 5.32 Å². The van der Waals surface area contributed by atoms with Gasteiger partial charge in [0.15, 0.2) is 0 Å². The van der Waals surface area contributed by atoms with Crippen molar-refractivity contribution in [3.8, 4) is 0 Å². The zero-order valence-electron chi connectivity index (χ0n) is 17.8. The van der Waals surface area contributed by atoms with Gasteiger partial charge in [-0.25, -0.2) is 0 Å². The highest BCUT2D eigenvalue weighted by Gasteiger charge is 2.27. The fraction of sp³-hybridized carbons (Fsp3) is 0.391. The Morgan fingerprint density at radius 1 is 1.03 bits per heavy atom. The van der Waals surface area contributed by atoms with E-state index in [1.165, 1.54) is 0 Å². The van der Waals surface area contributed by atoms with Crippen LogP contribution >= 0.6 is 46.6 Å². The number of halogens is 3. The first-order chi connectivity index (χ1) is 14.7. The van der Waals surface area contributed by atoms with Crippen molar-refractivity contribution in [3.63, 3.8) is 0 Å². The summed E-state index contributed by atoms with van der Waals surface area (Å²) in [5.41, 5.74) is 0.743. The van der Waals surface area contributed by atoms with Gasteiger partial charge in [0.05, 0.1) is 0 Å². The number of hydrogen-bond donors (Lipinski definition) is 1. The highest BCUT2D eigenvalue weighted by molar-refractivity contribution is 7.99. The van der Waals surface area contributed by atoms with Gasteiger partial charge in [0.2, 0.25) is 11.8 Å². The van der Waals surface area contributed by atoms with Crippen LogP contribution in [0.1, 0.15) is 39.2 Å². The second-order valence-corrected chi connectivity index (χ2v) is 9.75. The summed E-state index contributed by atoms with van der Waals surface area (Å²) in [5, 5.41) is 4.62. The standard InChI is InChI=1S/C23H27Cl3N2O2S/c1-4-15(2)27-23(30)16(3)28(14-17-5-6-19(25)13-21(17)26)22(29)11-12-31-20-9-7-18(24)8-10-20/h5-10,13,15-16H,4,11-12,14H2,1-3H3,(H,27,30)/t15-,16+/m1/s1. The van der Waals surface area contributed by atoms with E-state index < -0.39 is 6.04 Å². The van der Waals surface area contributed by atoms with E-state index in [1.807, 2.05) is 38.1 Å². The lowest BCUT2D eigenvalue weighted by atomic mass is 10.1. The summed E-state index contributed by atoms with van der Waals surface area (Å²) in [6.07, 6.45) is 1.10. The second kappa shape index (κ2) is 12.6. The van der Waals surface area contributed by atoms with Crippen molar-refractivity contribution in [1.82, 2.24) is 10.2 Å². The minimum absolute atomic E-state index is 0.0338. The van der Waals surface area contributed by atoms with Crippen molar-refractivity contribution in [2.24, 2.45) is 0 Å². The summed E-state index contributed by atoms with van der Waals surface area (Å²) in [6.45, 7) is 5.91. The van der Waals surface area contributed by atoms with Crippen molar-refractivity contribution in [1.29, 1.82) is 0 Å². The van der Waals surface area contributed by atoms with Crippen LogP contribution in [0, 0.1) is 0 Å². The average molecular weight is 502 g/mol. The van der Waals surface area contributed by atoms with Gasteiger partial charge in [0, 0.05) is 44.7 Å². The Morgan fingerprint density at radius 3 is 2.29 bits per heavy atom. The van der Waals surface area contributed by atoms with Crippen molar-refractivity contribution >= 4 is 58.4 Å². The summed E-state index contributed by atoms with van der Waals surface area (Å²) in [7, 11) is 0. The Morgan fingerprint density at radius 2 is 1.68 bits per heavy atom. The molecule has 4 nitrogen and oxygen atoms in total. The van der Waals surface area contributed by atoms with Crippen LogP contribution in [0.25, 0.3) is 0 Å². The summed E-state index contributed by atoms with van der Waals surface area (Å²) >= 11 is 19.8. The van der Waals surface area contributed by atoms with Gasteiger partial charge in [0.25, 0.3) is 0 Å². The molecule has 8 heteroatoms. The van der Waals surface area contributed by atoms with E-state index in [4.69, 9.17) is 34.8 Å². The van der Waals surface area contributed by atoms with Crippen LogP contribution in [-0.4, -0.2) is 34.6 Å². The molecule has 31 heavy (non-hydrogen) atoms. The Hall–Kier alpha value is -1.40. The molecule has 0 saturated carbocycles. The Kier molecular flexibility index (Phi) is 10.5. The fourth-order valence-electron chi connectivity index (χ4n) is 2.81. The fourth-order valence-corrected chi connectivity index (χ4v) is 4.25. The summed E-state index contributed by atoms with van der Waals surface area (Å²) in [6, 6.07) is 12.0. The molecular weight excluding hydrogens is 475 g/mol. The van der Waals surface area contributed by atoms with Gasteiger partial charge in [-0.15, -0.1) is 11.8 Å². The van der Waals surface area contributed by atoms with Gasteiger partial charge in [0.1, 0.15) is 6.04 Å². The van der Waals surface area contributed by atoms with E-state index in [9.17, 15) is 9.59 Å². The number of nitrogens with one attached hydrogen (secondary N) is 1. The van der Waals surface area contributed by atoms with Gasteiger partial charge in [-0.3, -0.25) is 9.59 Å². The Balaban J connectivity index is 2.11. The van der Waals surface area contributed by atoms with E-state index in [-0.39, 0.29) is 24.4 Å². The Labute approximate surface area is 203 Å². The van der Waals surface area contributed by atoms with Crippen molar-refractivity contribution < 1.29 is 9.59 Å². The molecule has 2 atom stereocenters. The molecule has 0 aliphatic heterocycles. The highest BCUT2D eigenvalue weighted by atomic mass is 35.5. The lowest BCUT2D eigenvalue weighted by molar-refractivity contribution is -0.140. The van der Waals surface area contributed by atoms with Crippen LogP contribution in [0.3, 0.4) is 0 Å². The maximum atomic E-state index is 13.1. The maximum absolute atomic E-state index is 13.1. The van der Waals surface area contributed by atoms with Crippen molar-refractivity contribution in [3.05, 3.63) is 63.1 Å². The van der Waals surface area contributed by atoms with Crippen LogP contribution in [0.2, 0.25) is 15.1 Å². The van der Waals surface area contributed by atoms with Gasteiger partial charge in [-0.1, -0.05) is 47.8 Å². The van der Waals surface area contributed by atoms with Crippen molar-refractivity contribution in [2.75, 3.05) is 5.75 Å². The van der Waals surface area contributed by atoms with Crippen LogP contribution in [0.5, 0.6) is 0 Å². The smallest absolute Gasteiger partial charge is 0.242 e. The third-order valence-corrected chi connectivity index (χ3v) is 6.78. The largest absolute Gasteiger partial charge is 0.352 e. The first-order valence-corrected chi connectivity index (χ1v) is 12.2. The molecule has 2 aromatic rings. The molecule has 0 aliphatic rings. The molecule has 2 amide bonds. The number of hydrogen-bond acceptors (Lipinski definition) is 3. The Bertz CT molecular complexity index is 893. The first-order valence-electron chi connectivity index (χ1n) is 10.1. The molecule has 168 valence electrons. The molecule has 2 rings (SSSR count). The summed E-state index contributed by atoms with van der Waals surface area (Å²) < 4.78 is 0. The van der Waals surface area contributed by atoms with Crippen LogP contribution < -0.4 is 5.32 Å². The molecule has 0 aliphatic carbocycles. The molecule has 0 aromatic heterocycles. The van der Waals surface area contributed by atoms with Crippen LogP contribution in [0.15, 0.2) is 47.4 Å². The zero-order valence-corrected chi connectivity index (χ0v) is 20.9. The molecule has 0 heterocycles. The second-order valence-electron chi connectivity index (χ2n) is 7.30. The monoisotopic (exact) mass is 500 g/mol. The van der Waals surface area contributed by atoms with Crippen molar-refractivity contribution in [2.45, 2.75) is 57.1 Å². The molecular formula is C23H27Cl3N2O2S. The van der Waals surface area contributed by atoms with Gasteiger partial charge >= 0.3 is 0 Å². The molecule has 0 unspecified atom stereocenters. The SMILES string of the molecule is CC[C@@H](C)NC(=O)[C@H](C)N(Cc1ccc(Cl)cc1Cl)C(=O)CCSc1ccc(Cl)cc1. The third-order valence-electron chi connectivity index (χ3n) is 4.92. The topological polar surface area (TPSA) is 49.4 Å². The third kappa shape index (κ3) is 8.23. The number of rotatable bonds is 10. The summed E-state index contributed by atoms with van der Waals surface area (Å²) in [4.78, 5) is 28.5. The van der Waals surface area contributed by atoms with Gasteiger partial charge < -0.3 is 10.2 Å². The molecule has 0 bridgehead atoms. The highest BCUT2D eigenvalue weighted by Crippen LogP contribution is 2.25. The lowest BCUT2D eigenvalue weighted by Crippen LogP contribution is -2.49. The molecule has 0 fully saturated rings. The van der Waals surface area contributed by atoms with Gasteiger partial charge in [-0.05, 0) is 62.2 Å². The average Bonchev–Trinajstić information content (AvgIpc) is 2.73. The van der Waals surface area contributed by atoms with E-state index in [0.717, 1.165) is 16.9 Å². The molecule has 0 saturated heterocycles. The number of thioether (sulfide) groups is 1. The number of carbonyl (C=O) groups excluding carboxylic acids is 2. The molecule has 0 radical (unpaired) electrons. The van der Waals surface area contributed by atoms with E-state index in [1.54, 1.807) is 41.8 Å². The minimum Gasteiger partial charge on any atom is -0.352 e. The summed E-state index contributed by atoms with van der Waals surface area (Å²) in [5.74, 6) is 0.294. The van der Waals surface area contributed by atoms with E-state index in [0.29, 0.717) is 27.2 Å². The predicted octanol–water partition coefficient (Wildman–Crippen LogP) is 6.46. The van der Waals surface area contributed by atoms with Crippen LogP contribution in [-0.2, 0) is 16.1 Å². The minimum atomic E-state index is -0.631. The quantitative estimate of drug-likeness (QED) is 0.380. The maximum Gasteiger partial charge on any atom is 0.242 e. The zero-order chi connectivity index (χ0) is 23.0. The first kappa shape index (κ1) is 25.9. The number of amides is 2. The number of carbonyl (C=O) groups is 2. The normalized spacial score (nSPS) is 12.8. The predicted molar refractivity (Wildman–Crippen MR) is 131 cm³/mol.